The summed E-state index contributed by atoms with van der Waals surface area (Å²) in [5.74, 6) is -0.616. The van der Waals surface area contributed by atoms with Gasteiger partial charge in [-0.25, -0.2) is 9.79 Å². The fraction of sp³-hybridized carbons (Fsp3) is 0.0588. The summed E-state index contributed by atoms with van der Waals surface area (Å²) in [5, 5.41) is -0.410. The number of ether oxygens (including phenoxy) is 1. The summed E-state index contributed by atoms with van der Waals surface area (Å²) in [6.45, 7) is 0. The van der Waals surface area contributed by atoms with E-state index in [0.29, 0.717) is 5.56 Å². The Hall–Kier alpha value is -2.60. The number of halogens is 4. The lowest BCUT2D eigenvalue weighted by Gasteiger charge is -2.09. The fourth-order valence-electron chi connectivity index (χ4n) is 2.12. The quantitative estimate of drug-likeness (QED) is 0.581. The Morgan fingerprint density at radius 3 is 2.46 bits per heavy atom. The molecule has 3 nitrogen and oxygen atoms in total. The van der Waals surface area contributed by atoms with Crippen LogP contribution in [-0.2, 0) is 15.7 Å². The van der Waals surface area contributed by atoms with Gasteiger partial charge in [-0.3, -0.25) is 0 Å². The molecule has 1 aliphatic heterocycles. The Morgan fingerprint density at radius 2 is 1.79 bits per heavy atom. The van der Waals surface area contributed by atoms with Crippen LogP contribution >= 0.6 is 11.6 Å². The number of hydrogen-bond acceptors (Lipinski definition) is 3. The molecule has 1 heterocycles. The molecule has 1 aliphatic rings. The van der Waals surface area contributed by atoms with Crippen molar-refractivity contribution in [1.82, 2.24) is 0 Å². The molecule has 2 aromatic rings. The number of carbonyl (C=O) groups excluding carboxylic acids is 1. The van der Waals surface area contributed by atoms with Gasteiger partial charge in [-0.1, -0.05) is 35.9 Å². The van der Waals surface area contributed by atoms with Gasteiger partial charge >= 0.3 is 12.1 Å². The average Bonchev–Trinajstić information content (AvgIpc) is 2.90. The summed E-state index contributed by atoms with van der Waals surface area (Å²) >= 11 is 5.57. The van der Waals surface area contributed by atoms with Crippen LogP contribution in [0, 0.1) is 0 Å². The predicted octanol–water partition coefficient (Wildman–Crippen LogP) is 4.70. The van der Waals surface area contributed by atoms with Crippen LogP contribution in [0.5, 0.6) is 0 Å². The van der Waals surface area contributed by atoms with Gasteiger partial charge in [0.25, 0.3) is 0 Å². The number of alkyl halides is 3. The van der Waals surface area contributed by atoms with Crippen LogP contribution in [0.3, 0.4) is 0 Å². The molecule has 0 aromatic heterocycles. The summed E-state index contributed by atoms with van der Waals surface area (Å²) in [7, 11) is 0. The van der Waals surface area contributed by atoms with E-state index < -0.39 is 22.7 Å². The molecule has 7 heteroatoms. The van der Waals surface area contributed by atoms with Crippen LogP contribution < -0.4 is 0 Å². The first-order valence-corrected chi connectivity index (χ1v) is 7.17. The second kappa shape index (κ2) is 6.13. The molecule has 2 aromatic carbocycles. The van der Waals surface area contributed by atoms with Crippen LogP contribution in [-0.4, -0.2) is 11.9 Å². The number of carbonyl (C=O) groups is 1. The Labute approximate surface area is 140 Å². The molecule has 0 unspecified atom stereocenters. The number of cyclic esters (lactones) is 1. The maximum Gasteiger partial charge on any atom is 0.417 e. The van der Waals surface area contributed by atoms with E-state index in [4.69, 9.17) is 16.3 Å². The molecule has 24 heavy (non-hydrogen) atoms. The standard InChI is InChI=1S/C17H9ClF3NO2/c18-13-7-6-10(8-12(13)17(19,20)21)9-14-16(23)24-15(22-14)11-4-2-1-3-5-11/h1-9H/b14-9-. The van der Waals surface area contributed by atoms with Crippen molar-refractivity contribution < 1.29 is 22.7 Å². The first kappa shape index (κ1) is 16.3. The number of esters is 1. The average molecular weight is 352 g/mol. The summed E-state index contributed by atoms with van der Waals surface area (Å²) in [4.78, 5) is 15.9. The van der Waals surface area contributed by atoms with Gasteiger partial charge in [0.1, 0.15) is 0 Å². The number of nitrogens with zero attached hydrogens (tertiary/aromatic N) is 1. The maximum atomic E-state index is 12.9. The van der Waals surface area contributed by atoms with E-state index in [1.165, 1.54) is 12.1 Å². The van der Waals surface area contributed by atoms with Crippen molar-refractivity contribution in [2.45, 2.75) is 6.18 Å². The zero-order valence-electron chi connectivity index (χ0n) is 12.0. The highest BCUT2D eigenvalue weighted by molar-refractivity contribution is 6.31. The summed E-state index contributed by atoms with van der Waals surface area (Å²) in [6.07, 6.45) is -3.36. The lowest BCUT2D eigenvalue weighted by molar-refractivity contribution is -0.137. The van der Waals surface area contributed by atoms with Crippen molar-refractivity contribution >= 4 is 29.5 Å². The van der Waals surface area contributed by atoms with Crippen molar-refractivity contribution in [2.24, 2.45) is 4.99 Å². The van der Waals surface area contributed by atoms with Crippen molar-refractivity contribution in [3.05, 3.63) is 75.9 Å². The van der Waals surface area contributed by atoms with Crippen LogP contribution in [0.2, 0.25) is 5.02 Å². The van der Waals surface area contributed by atoms with E-state index in [2.05, 4.69) is 4.99 Å². The van der Waals surface area contributed by atoms with E-state index in [1.54, 1.807) is 30.3 Å². The number of hydrogen-bond donors (Lipinski definition) is 0. The first-order valence-electron chi connectivity index (χ1n) is 6.79. The lowest BCUT2D eigenvalue weighted by atomic mass is 10.1. The number of benzene rings is 2. The lowest BCUT2D eigenvalue weighted by Crippen LogP contribution is -2.06. The minimum atomic E-state index is -4.58. The molecule has 0 N–H and O–H groups in total. The molecule has 3 rings (SSSR count). The van der Waals surface area contributed by atoms with Crippen LogP contribution in [0.15, 0.2) is 59.2 Å². The molecule has 0 amide bonds. The van der Waals surface area contributed by atoms with Gasteiger partial charge in [-0.05, 0) is 35.9 Å². The van der Waals surface area contributed by atoms with Crippen molar-refractivity contribution in [3.8, 4) is 0 Å². The highest BCUT2D eigenvalue weighted by Gasteiger charge is 2.33. The Kier molecular flexibility index (Phi) is 4.15. The topological polar surface area (TPSA) is 38.7 Å². The first-order chi connectivity index (χ1) is 11.3. The third-order valence-electron chi connectivity index (χ3n) is 3.24. The third-order valence-corrected chi connectivity index (χ3v) is 3.57. The molecular formula is C17H9ClF3NO2. The normalized spacial score (nSPS) is 16.2. The van der Waals surface area contributed by atoms with Gasteiger partial charge in [0.15, 0.2) is 5.70 Å². The maximum absolute atomic E-state index is 12.9. The largest absolute Gasteiger partial charge is 0.417 e. The summed E-state index contributed by atoms with van der Waals surface area (Å²) in [6, 6.07) is 12.1. The highest BCUT2D eigenvalue weighted by atomic mass is 35.5. The smallest absolute Gasteiger partial charge is 0.402 e. The SMILES string of the molecule is O=C1OC(c2ccccc2)=N/C1=C\c1ccc(Cl)c(C(F)(F)F)c1. The molecule has 0 spiro atoms. The van der Waals surface area contributed by atoms with Gasteiger partial charge in [0.2, 0.25) is 5.90 Å². The molecule has 0 fully saturated rings. The Balaban J connectivity index is 1.97. The summed E-state index contributed by atoms with van der Waals surface area (Å²) in [5.41, 5.74) is -0.306. The predicted molar refractivity (Wildman–Crippen MR) is 83.5 cm³/mol. The second-order valence-corrected chi connectivity index (χ2v) is 5.35. The second-order valence-electron chi connectivity index (χ2n) is 4.94. The van der Waals surface area contributed by atoms with Crippen LogP contribution in [0.1, 0.15) is 16.7 Å². The van der Waals surface area contributed by atoms with Gasteiger partial charge < -0.3 is 4.74 Å². The van der Waals surface area contributed by atoms with E-state index in [9.17, 15) is 18.0 Å². The fourth-order valence-corrected chi connectivity index (χ4v) is 2.35. The molecular weight excluding hydrogens is 343 g/mol. The minimum Gasteiger partial charge on any atom is -0.402 e. The Bertz CT molecular complexity index is 858. The van der Waals surface area contributed by atoms with E-state index in [1.807, 2.05) is 0 Å². The van der Waals surface area contributed by atoms with Gasteiger partial charge in [-0.2, -0.15) is 13.2 Å². The van der Waals surface area contributed by atoms with Crippen molar-refractivity contribution in [2.75, 3.05) is 0 Å². The zero-order valence-corrected chi connectivity index (χ0v) is 12.7. The van der Waals surface area contributed by atoms with E-state index in [-0.39, 0.29) is 17.2 Å². The zero-order chi connectivity index (χ0) is 17.3. The molecule has 0 saturated heterocycles. The number of aliphatic imine (C=N–C) groups is 1. The third kappa shape index (κ3) is 3.33. The van der Waals surface area contributed by atoms with Crippen LogP contribution in [0.25, 0.3) is 6.08 Å². The van der Waals surface area contributed by atoms with Crippen molar-refractivity contribution in [1.29, 1.82) is 0 Å². The molecule has 0 atom stereocenters. The molecule has 0 radical (unpaired) electrons. The van der Waals surface area contributed by atoms with Gasteiger partial charge in [0, 0.05) is 5.56 Å². The van der Waals surface area contributed by atoms with E-state index >= 15 is 0 Å². The number of rotatable bonds is 2. The molecule has 0 saturated carbocycles. The van der Waals surface area contributed by atoms with Crippen molar-refractivity contribution in [3.63, 3.8) is 0 Å². The highest BCUT2D eigenvalue weighted by Crippen LogP contribution is 2.35. The minimum absolute atomic E-state index is 0.0794. The molecule has 0 aliphatic carbocycles. The van der Waals surface area contributed by atoms with E-state index in [0.717, 1.165) is 12.1 Å². The molecule has 0 bridgehead atoms. The van der Waals surface area contributed by atoms with Gasteiger partial charge in [-0.15, -0.1) is 0 Å². The Morgan fingerprint density at radius 1 is 1.08 bits per heavy atom. The monoisotopic (exact) mass is 351 g/mol. The van der Waals surface area contributed by atoms with Gasteiger partial charge in [0.05, 0.1) is 10.6 Å². The van der Waals surface area contributed by atoms with Crippen LogP contribution in [0.4, 0.5) is 13.2 Å². The summed E-state index contributed by atoms with van der Waals surface area (Å²) < 4.78 is 43.7. The molecule has 122 valence electrons.